The Bertz CT molecular complexity index is 388. The number of hydrogen-bond donors (Lipinski definition) is 2. The first-order valence-corrected chi connectivity index (χ1v) is 10.1. The first-order chi connectivity index (χ1) is 10.1. The zero-order valence-corrected chi connectivity index (χ0v) is 14.1. The molecule has 2 aliphatic rings. The summed E-state index contributed by atoms with van der Waals surface area (Å²) in [6.07, 6.45) is 7.66. The second-order valence-electron chi connectivity index (χ2n) is 6.68. The molecule has 0 spiro atoms. The van der Waals surface area contributed by atoms with Crippen molar-refractivity contribution in [1.29, 1.82) is 0 Å². The molecule has 1 saturated heterocycles. The van der Waals surface area contributed by atoms with E-state index in [-0.39, 0.29) is 5.75 Å². The van der Waals surface area contributed by atoms with Gasteiger partial charge in [-0.25, -0.2) is 13.1 Å². The number of likely N-dealkylation sites (tertiary alicyclic amines) is 1. The lowest BCUT2D eigenvalue weighted by Gasteiger charge is -2.28. The molecule has 0 bridgehead atoms. The van der Waals surface area contributed by atoms with Gasteiger partial charge in [-0.1, -0.05) is 0 Å². The molecule has 1 saturated carbocycles. The van der Waals surface area contributed by atoms with E-state index in [0.717, 1.165) is 38.9 Å². The van der Waals surface area contributed by atoms with E-state index in [1.54, 1.807) is 0 Å². The van der Waals surface area contributed by atoms with Crippen molar-refractivity contribution < 1.29 is 8.42 Å². The van der Waals surface area contributed by atoms with Crippen LogP contribution in [0.2, 0.25) is 0 Å². The molecule has 5 nitrogen and oxygen atoms in total. The standard InChI is InChI=1S/C15H31N3O2S/c1-18-11-7-14(8-12-18)6-10-17-21(19,20)13-3-2-9-16-15-4-5-15/h14-17H,2-13H2,1H3. The Morgan fingerprint density at radius 2 is 1.76 bits per heavy atom. The van der Waals surface area contributed by atoms with Gasteiger partial charge in [-0.3, -0.25) is 0 Å². The van der Waals surface area contributed by atoms with Crippen molar-refractivity contribution in [3.63, 3.8) is 0 Å². The second-order valence-corrected chi connectivity index (χ2v) is 8.61. The van der Waals surface area contributed by atoms with E-state index in [4.69, 9.17) is 0 Å². The van der Waals surface area contributed by atoms with Gasteiger partial charge in [0.15, 0.2) is 0 Å². The Hall–Kier alpha value is -0.170. The van der Waals surface area contributed by atoms with Gasteiger partial charge in [-0.15, -0.1) is 0 Å². The summed E-state index contributed by atoms with van der Waals surface area (Å²) in [6.45, 7) is 3.85. The molecule has 1 heterocycles. The fourth-order valence-electron chi connectivity index (χ4n) is 2.85. The number of rotatable bonds is 10. The normalized spacial score (nSPS) is 21.8. The molecule has 1 aliphatic heterocycles. The summed E-state index contributed by atoms with van der Waals surface area (Å²) in [5.74, 6) is 0.957. The van der Waals surface area contributed by atoms with Gasteiger partial charge in [0.05, 0.1) is 5.75 Å². The van der Waals surface area contributed by atoms with Gasteiger partial charge in [0.25, 0.3) is 0 Å². The van der Waals surface area contributed by atoms with E-state index < -0.39 is 10.0 Å². The highest BCUT2D eigenvalue weighted by molar-refractivity contribution is 7.89. The topological polar surface area (TPSA) is 61.4 Å². The zero-order chi connectivity index (χ0) is 15.1. The highest BCUT2D eigenvalue weighted by Crippen LogP contribution is 2.19. The lowest BCUT2D eigenvalue weighted by atomic mass is 9.94. The van der Waals surface area contributed by atoms with Crippen molar-refractivity contribution in [3.8, 4) is 0 Å². The van der Waals surface area contributed by atoms with Crippen LogP contribution >= 0.6 is 0 Å². The molecular formula is C15H31N3O2S. The van der Waals surface area contributed by atoms with Gasteiger partial charge in [0.1, 0.15) is 0 Å². The van der Waals surface area contributed by atoms with Gasteiger partial charge in [0, 0.05) is 12.6 Å². The average Bonchev–Trinajstić information content (AvgIpc) is 3.24. The van der Waals surface area contributed by atoms with Crippen molar-refractivity contribution in [1.82, 2.24) is 14.9 Å². The Kier molecular flexibility index (Phi) is 6.92. The molecule has 1 aliphatic carbocycles. The number of hydrogen-bond acceptors (Lipinski definition) is 4. The quantitative estimate of drug-likeness (QED) is 0.594. The number of sulfonamides is 1. The lowest BCUT2D eigenvalue weighted by molar-refractivity contribution is 0.213. The van der Waals surface area contributed by atoms with Crippen LogP contribution in [0.4, 0.5) is 0 Å². The van der Waals surface area contributed by atoms with Crippen LogP contribution in [0, 0.1) is 5.92 Å². The number of unbranched alkanes of at least 4 members (excludes halogenated alkanes) is 1. The molecule has 0 unspecified atom stereocenters. The Labute approximate surface area is 129 Å². The van der Waals surface area contributed by atoms with Crippen molar-refractivity contribution in [2.75, 3.05) is 39.0 Å². The monoisotopic (exact) mass is 317 g/mol. The maximum atomic E-state index is 11.9. The van der Waals surface area contributed by atoms with Crippen molar-refractivity contribution in [2.45, 2.75) is 51.0 Å². The van der Waals surface area contributed by atoms with Crippen LogP contribution in [-0.2, 0) is 10.0 Å². The predicted octanol–water partition coefficient (Wildman–Crippen LogP) is 1.17. The molecule has 0 aromatic heterocycles. The Morgan fingerprint density at radius 3 is 2.43 bits per heavy atom. The van der Waals surface area contributed by atoms with Crippen LogP contribution in [0.15, 0.2) is 0 Å². The first-order valence-electron chi connectivity index (χ1n) is 8.44. The maximum absolute atomic E-state index is 11.9. The van der Waals surface area contributed by atoms with Gasteiger partial charge in [-0.05, 0) is 77.5 Å². The van der Waals surface area contributed by atoms with E-state index in [2.05, 4.69) is 22.0 Å². The van der Waals surface area contributed by atoms with Crippen molar-refractivity contribution in [3.05, 3.63) is 0 Å². The molecule has 0 atom stereocenters. The van der Waals surface area contributed by atoms with Gasteiger partial charge >= 0.3 is 0 Å². The van der Waals surface area contributed by atoms with Crippen LogP contribution in [0.3, 0.4) is 0 Å². The van der Waals surface area contributed by atoms with Crippen LogP contribution < -0.4 is 10.0 Å². The molecule has 0 radical (unpaired) electrons. The molecule has 2 fully saturated rings. The molecule has 0 aromatic carbocycles. The van der Waals surface area contributed by atoms with Crippen LogP contribution in [0.25, 0.3) is 0 Å². The third-order valence-electron chi connectivity index (χ3n) is 4.56. The minimum absolute atomic E-state index is 0.271. The average molecular weight is 317 g/mol. The third kappa shape index (κ3) is 7.58. The molecular weight excluding hydrogens is 286 g/mol. The highest BCUT2D eigenvalue weighted by Gasteiger charge is 2.20. The molecule has 6 heteroatoms. The van der Waals surface area contributed by atoms with Crippen LogP contribution in [0.5, 0.6) is 0 Å². The van der Waals surface area contributed by atoms with E-state index >= 15 is 0 Å². The molecule has 124 valence electrons. The second kappa shape index (κ2) is 8.46. The summed E-state index contributed by atoms with van der Waals surface area (Å²) in [4.78, 5) is 2.34. The van der Waals surface area contributed by atoms with Crippen molar-refractivity contribution >= 4 is 10.0 Å². The molecule has 2 rings (SSSR count). The fourth-order valence-corrected chi connectivity index (χ4v) is 4.01. The molecule has 0 amide bonds. The van der Waals surface area contributed by atoms with Gasteiger partial charge in [-0.2, -0.15) is 0 Å². The predicted molar refractivity (Wildman–Crippen MR) is 86.9 cm³/mol. The summed E-state index contributed by atoms with van der Waals surface area (Å²) in [6, 6.07) is 0.717. The number of nitrogens with zero attached hydrogens (tertiary/aromatic N) is 1. The third-order valence-corrected chi connectivity index (χ3v) is 6.03. The number of nitrogens with one attached hydrogen (secondary N) is 2. The van der Waals surface area contributed by atoms with E-state index in [0.29, 0.717) is 18.5 Å². The number of piperidine rings is 1. The van der Waals surface area contributed by atoms with Crippen LogP contribution in [-0.4, -0.2) is 58.3 Å². The summed E-state index contributed by atoms with van der Waals surface area (Å²) in [5, 5.41) is 3.41. The molecule has 21 heavy (non-hydrogen) atoms. The van der Waals surface area contributed by atoms with Crippen LogP contribution in [0.1, 0.15) is 44.9 Å². The van der Waals surface area contributed by atoms with Gasteiger partial charge in [0.2, 0.25) is 10.0 Å². The highest BCUT2D eigenvalue weighted by atomic mass is 32.2. The minimum atomic E-state index is -3.07. The zero-order valence-electron chi connectivity index (χ0n) is 13.3. The van der Waals surface area contributed by atoms with E-state index in [9.17, 15) is 8.42 Å². The smallest absolute Gasteiger partial charge is 0.211 e. The van der Waals surface area contributed by atoms with E-state index in [1.165, 1.54) is 25.7 Å². The van der Waals surface area contributed by atoms with Crippen molar-refractivity contribution in [2.24, 2.45) is 5.92 Å². The maximum Gasteiger partial charge on any atom is 0.211 e. The Morgan fingerprint density at radius 1 is 1.05 bits per heavy atom. The summed E-state index contributed by atoms with van der Waals surface area (Å²) in [5.41, 5.74) is 0. The minimum Gasteiger partial charge on any atom is -0.314 e. The SMILES string of the molecule is CN1CCC(CCNS(=O)(=O)CCCCNC2CC2)CC1. The first kappa shape index (κ1) is 17.2. The fraction of sp³-hybridized carbons (Fsp3) is 1.00. The summed E-state index contributed by atoms with van der Waals surface area (Å²) >= 11 is 0. The molecule has 2 N–H and O–H groups in total. The lowest BCUT2D eigenvalue weighted by Crippen LogP contribution is -2.33. The van der Waals surface area contributed by atoms with Gasteiger partial charge < -0.3 is 10.2 Å². The largest absolute Gasteiger partial charge is 0.314 e. The molecule has 0 aromatic rings. The summed E-state index contributed by atoms with van der Waals surface area (Å²) in [7, 11) is -0.917. The Balaban J connectivity index is 1.49. The summed E-state index contributed by atoms with van der Waals surface area (Å²) < 4.78 is 26.6. The van der Waals surface area contributed by atoms with E-state index in [1.807, 2.05) is 0 Å².